The molecule has 1 aromatic carbocycles. The fourth-order valence-electron chi connectivity index (χ4n) is 3.26. The van der Waals surface area contributed by atoms with Crippen molar-refractivity contribution < 1.29 is 18.7 Å². The molecule has 1 aliphatic heterocycles. The summed E-state index contributed by atoms with van der Waals surface area (Å²) in [6.07, 6.45) is 1.20. The first-order valence-electron chi connectivity index (χ1n) is 9.37. The fraction of sp³-hybridized carbons (Fsp3) is 0.550. The maximum atomic E-state index is 12.8. The smallest absolute Gasteiger partial charge is 0.408 e. The number of hydrogen-bond donors (Lipinski definition) is 1. The lowest BCUT2D eigenvalue weighted by Gasteiger charge is -2.33. The lowest BCUT2D eigenvalue weighted by Crippen LogP contribution is -2.50. The van der Waals surface area contributed by atoms with E-state index < -0.39 is 17.7 Å². The van der Waals surface area contributed by atoms with E-state index in [0.717, 1.165) is 23.9 Å². The Bertz CT molecular complexity index is 791. The summed E-state index contributed by atoms with van der Waals surface area (Å²) < 4.78 is 11.1. The van der Waals surface area contributed by atoms with Crippen molar-refractivity contribution >= 4 is 23.1 Å². The van der Waals surface area contributed by atoms with Gasteiger partial charge in [0.05, 0.1) is 5.92 Å². The summed E-state index contributed by atoms with van der Waals surface area (Å²) in [5.41, 5.74) is 0.988. The minimum absolute atomic E-state index is 0.0591. The Morgan fingerprint density at radius 3 is 2.78 bits per heavy atom. The molecule has 0 spiro atoms. The molecule has 7 nitrogen and oxygen atoms in total. The molecule has 2 amide bonds. The highest BCUT2D eigenvalue weighted by atomic mass is 16.6. The second-order valence-electron chi connectivity index (χ2n) is 8.01. The number of amides is 2. The molecule has 1 N–H and O–H groups in total. The largest absolute Gasteiger partial charge is 0.444 e. The van der Waals surface area contributed by atoms with E-state index in [0.29, 0.717) is 19.0 Å². The van der Waals surface area contributed by atoms with Gasteiger partial charge in [-0.2, -0.15) is 0 Å². The monoisotopic (exact) mass is 373 g/mol. The molecule has 1 saturated heterocycles. The summed E-state index contributed by atoms with van der Waals surface area (Å²) in [7, 11) is 0. The zero-order valence-corrected chi connectivity index (χ0v) is 16.3. The lowest BCUT2D eigenvalue weighted by molar-refractivity contribution is -0.134. The van der Waals surface area contributed by atoms with Crippen molar-refractivity contribution in [2.75, 3.05) is 13.1 Å². The third-order valence-electron chi connectivity index (χ3n) is 4.50. The van der Waals surface area contributed by atoms with Gasteiger partial charge in [0.2, 0.25) is 5.91 Å². The highest BCUT2D eigenvalue weighted by Gasteiger charge is 2.31. The standard InChI is InChI=1S/C20H27N3O4/c1-13(21-19(25)27-20(2,3)4)18(24)23-11-7-8-14(12-23)17-22-15-9-5-6-10-16(15)26-17/h5-6,9-10,13-14H,7-8,11-12H2,1-4H3,(H,21,25). The molecule has 0 saturated carbocycles. The van der Waals surface area contributed by atoms with Gasteiger partial charge in [0.1, 0.15) is 17.2 Å². The van der Waals surface area contributed by atoms with Gasteiger partial charge in [-0.1, -0.05) is 12.1 Å². The Labute approximate surface area is 159 Å². The van der Waals surface area contributed by atoms with Gasteiger partial charge in [0.15, 0.2) is 11.5 Å². The van der Waals surface area contributed by atoms with Crippen molar-refractivity contribution in [3.05, 3.63) is 30.2 Å². The number of aromatic nitrogens is 1. The minimum Gasteiger partial charge on any atom is -0.444 e. The summed E-state index contributed by atoms with van der Waals surface area (Å²) in [5, 5.41) is 2.62. The van der Waals surface area contributed by atoms with Crippen molar-refractivity contribution in [1.29, 1.82) is 0 Å². The third kappa shape index (κ3) is 4.78. The van der Waals surface area contributed by atoms with Crippen molar-refractivity contribution in [2.24, 2.45) is 0 Å². The van der Waals surface area contributed by atoms with Crippen LogP contribution in [0.5, 0.6) is 0 Å². The number of rotatable bonds is 3. The topological polar surface area (TPSA) is 84.7 Å². The molecule has 2 atom stereocenters. The van der Waals surface area contributed by atoms with Crippen molar-refractivity contribution in [2.45, 2.75) is 58.1 Å². The number of nitrogens with zero attached hydrogens (tertiary/aromatic N) is 2. The van der Waals surface area contributed by atoms with Crippen molar-refractivity contribution in [1.82, 2.24) is 15.2 Å². The Balaban J connectivity index is 1.63. The number of carbonyl (C=O) groups is 2. The molecule has 0 radical (unpaired) electrons. The number of benzene rings is 1. The molecule has 2 aromatic rings. The molecule has 2 unspecified atom stereocenters. The second kappa shape index (κ2) is 7.58. The summed E-state index contributed by atoms with van der Waals surface area (Å²) in [6.45, 7) is 8.23. The lowest BCUT2D eigenvalue weighted by atomic mass is 9.97. The Hall–Kier alpha value is -2.57. The number of hydrogen-bond acceptors (Lipinski definition) is 5. The number of fused-ring (bicyclic) bond motifs is 1. The van der Waals surface area contributed by atoms with Crippen LogP contribution in [0.3, 0.4) is 0 Å². The Morgan fingerprint density at radius 1 is 1.33 bits per heavy atom. The normalized spacial score (nSPS) is 19.0. The summed E-state index contributed by atoms with van der Waals surface area (Å²) in [4.78, 5) is 31.0. The van der Waals surface area contributed by atoms with Crippen LogP contribution >= 0.6 is 0 Å². The van der Waals surface area contributed by atoms with Crippen LogP contribution in [0.15, 0.2) is 28.7 Å². The predicted molar refractivity (Wildman–Crippen MR) is 101 cm³/mol. The predicted octanol–water partition coefficient (Wildman–Crippen LogP) is 3.45. The number of alkyl carbamates (subject to hydrolysis) is 1. The Morgan fingerprint density at radius 2 is 2.07 bits per heavy atom. The van der Waals surface area contributed by atoms with Crippen LogP contribution in [0, 0.1) is 0 Å². The average molecular weight is 373 g/mol. The van der Waals surface area contributed by atoms with Crippen molar-refractivity contribution in [3.63, 3.8) is 0 Å². The first kappa shape index (κ1) is 19.2. The molecule has 3 rings (SSSR count). The van der Waals surface area contributed by atoms with Gasteiger partial charge in [0.25, 0.3) is 0 Å². The number of oxazole rings is 1. The number of carbonyl (C=O) groups excluding carboxylic acids is 2. The highest BCUT2D eigenvalue weighted by Crippen LogP contribution is 2.29. The van der Waals surface area contributed by atoms with Crippen LogP contribution in [-0.4, -0.2) is 46.6 Å². The molecule has 7 heteroatoms. The summed E-state index contributed by atoms with van der Waals surface area (Å²) in [5.74, 6) is 0.604. The van der Waals surface area contributed by atoms with Crippen LogP contribution in [-0.2, 0) is 9.53 Å². The van der Waals surface area contributed by atoms with Gasteiger partial charge in [-0.25, -0.2) is 9.78 Å². The number of nitrogens with one attached hydrogen (secondary N) is 1. The maximum absolute atomic E-state index is 12.8. The SMILES string of the molecule is CC(NC(=O)OC(C)(C)C)C(=O)N1CCCC(c2nc3ccccc3o2)C1. The molecule has 2 heterocycles. The van der Waals surface area contributed by atoms with E-state index in [2.05, 4.69) is 10.3 Å². The Kier molecular flexibility index (Phi) is 5.39. The van der Waals surface area contributed by atoms with E-state index in [1.165, 1.54) is 0 Å². The van der Waals surface area contributed by atoms with E-state index in [9.17, 15) is 9.59 Å². The summed E-state index contributed by atoms with van der Waals surface area (Å²) >= 11 is 0. The molecule has 27 heavy (non-hydrogen) atoms. The third-order valence-corrected chi connectivity index (χ3v) is 4.50. The van der Waals surface area contributed by atoms with Crippen LogP contribution < -0.4 is 5.32 Å². The quantitative estimate of drug-likeness (QED) is 0.891. The maximum Gasteiger partial charge on any atom is 0.408 e. The number of piperidine rings is 1. The molecular formula is C20H27N3O4. The molecule has 1 aliphatic rings. The van der Waals surface area contributed by atoms with E-state index in [4.69, 9.17) is 9.15 Å². The van der Waals surface area contributed by atoms with E-state index in [1.54, 1.807) is 32.6 Å². The van der Waals surface area contributed by atoms with Crippen LogP contribution in [0.2, 0.25) is 0 Å². The first-order valence-corrected chi connectivity index (χ1v) is 9.37. The zero-order chi connectivity index (χ0) is 19.6. The van der Waals surface area contributed by atoms with Gasteiger partial charge in [-0.05, 0) is 52.7 Å². The van der Waals surface area contributed by atoms with E-state index >= 15 is 0 Å². The van der Waals surface area contributed by atoms with Crippen LogP contribution in [0.25, 0.3) is 11.1 Å². The highest BCUT2D eigenvalue weighted by molar-refractivity contribution is 5.85. The van der Waals surface area contributed by atoms with E-state index in [-0.39, 0.29) is 11.8 Å². The molecule has 0 bridgehead atoms. The van der Waals surface area contributed by atoms with E-state index in [1.807, 2.05) is 24.3 Å². The number of likely N-dealkylation sites (tertiary alicyclic amines) is 1. The molecule has 146 valence electrons. The van der Waals surface area contributed by atoms with Gasteiger partial charge in [-0.15, -0.1) is 0 Å². The second-order valence-corrected chi connectivity index (χ2v) is 8.01. The molecule has 0 aliphatic carbocycles. The van der Waals surface area contributed by atoms with Crippen molar-refractivity contribution in [3.8, 4) is 0 Å². The minimum atomic E-state index is -0.651. The molecule has 1 fully saturated rings. The fourth-order valence-corrected chi connectivity index (χ4v) is 3.26. The van der Waals surface area contributed by atoms with Crippen LogP contribution in [0.4, 0.5) is 4.79 Å². The number of ether oxygens (including phenoxy) is 1. The zero-order valence-electron chi connectivity index (χ0n) is 16.3. The average Bonchev–Trinajstić information content (AvgIpc) is 3.03. The first-order chi connectivity index (χ1) is 12.7. The molecular weight excluding hydrogens is 346 g/mol. The number of para-hydroxylation sites is 2. The van der Waals surface area contributed by atoms with Gasteiger partial charge < -0.3 is 19.4 Å². The summed E-state index contributed by atoms with van der Waals surface area (Å²) in [6, 6.07) is 7.00. The van der Waals surface area contributed by atoms with Gasteiger partial charge >= 0.3 is 6.09 Å². The van der Waals surface area contributed by atoms with Crippen LogP contribution in [0.1, 0.15) is 52.3 Å². The molecule has 1 aromatic heterocycles. The van der Waals surface area contributed by atoms with Gasteiger partial charge in [-0.3, -0.25) is 4.79 Å². The van der Waals surface area contributed by atoms with Gasteiger partial charge in [0, 0.05) is 13.1 Å².